The van der Waals surface area contributed by atoms with Crippen molar-refractivity contribution in [3.05, 3.63) is 41.9 Å². The Bertz CT molecular complexity index is 942. The normalized spacial score (nSPS) is 19.9. The molecule has 0 spiro atoms. The summed E-state index contributed by atoms with van der Waals surface area (Å²) in [5, 5.41) is 4.44. The van der Waals surface area contributed by atoms with Crippen LogP contribution in [0.5, 0.6) is 5.75 Å². The van der Waals surface area contributed by atoms with Gasteiger partial charge in [-0.3, -0.25) is 19.4 Å². The van der Waals surface area contributed by atoms with E-state index in [1.165, 1.54) is 18.3 Å². The first kappa shape index (κ1) is 20.7. The van der Waals surface area contributed by atoms with E-state index in [2.05, 4.69) is 15.7 Å². The monoisotopic (exact) mass is 428 g/mol. The lowest BCUT2D eigenvalue weighted by Gasteiger charge is -2.37. The summed E-state index contributed by atoms with van der Waals surface area (Å²) in [5.41, 5.74) is 4.28. The molecule has 1 aromatic heterocycles. The molecule has 0 bridgehead atoms. The van der Waals surface area contributed by atoms with E-state index in [9.17, 15) is 14.4 Å². The van der Waals surface area contributed by atoms with Gasteiger partial charge in [-0.25, -0.2) is 10.4 Å². The maximum atomic E-state index is 12.7. The second-order valence-electron chi connectivity index (χ2n) is 7.39. The summed E-state index contributed by atoms with van der Waals surface area (Å²) < 4.78 is 10.5. The fourth-order valence-electron chi connectivity index (χ4n) is 3.63. The van der Waals surface area contributed by atoms with Crippen LogP contribution in [-0.4, -0.2) is 79.7 Å². The van der Waals surface area contributed by atoms with Crippen LogP contribution in [0.3, 0.4) is 0 Å². The Balaban J connectivity index is 1.49. The molecule has 164 valence electrons. The van der Waals surface area contributed by atoms with Gasteiger partial charge in [-0.15, -0.1) is 0 Å². The number of carbonyl (C=O) groups is 3. The number of pyridine rings is 1. The molecule has 2 amide bonds. The molecular weight excluding hydrogens is 404 g/mol. The number of nitrogens with zero attached hydrogens (tertiary/aromatic N) is 4. The van der Waals surface area contributed by atoms with Gasteiger partial charge in [0.25, 0.3) is 5.91 Å². The summed E-state index contributed by atoms with van der Waals surface area (Å²) in [6.07, 6.45) is 7.57. The fraction of sp³-hybridized carbons (Fsp3) is 0.400. The third-order valence-electron chi connectivity index (χ3n) is 5.29. The Hall–Kier alpha value is -3.60. The summed E-state index contributed by atoms with van der Waals surface area (Å²) in [6.45, 7) is 1.70. The first-order chi connectivity index (χ1) is 15.0. The van der Waals surface area contributed by atoms with Crippen molar-refractivity contribution in [2.75, 3.05) is 45.3 Å². The number of methoxy groups -OCH3 is 1. The number of rotatable bonds is 6. The van der Waals surface area contributed by atoms with E-state index in [0.29, 0.717) is 49.8 Å². The van der Waals surface area contributed by atoms with Gasteiger partial charge >= 0.3 is 5.97 Å². The molecule has 1 aromatic rings. The van der Waals surface area contributed by atoms with Crippen molar-refractivity contribution in [1.29, 1.82) is 0 Å². The van der Waals surface area contributed by atoms with Crippen molar-refractivity contribution in [3.8, 4) is 5.75 Å². The second kappa shape index (κ2) is 8.64. The minimum absolute atomic E-state index is 0.196. The van der Waals surface area contributed by atoms with Crippen molar-refractivity contribution in [1.82, 2.24) is 25.6 Å². The van der Waals surface area contributed by atoms with E-state index in [1.54, 1.807) is 24.2 Å². The van der Waals surface area contributed by atoms with Gasteiger partial charge in [-0.05, 0) is 24.4 Å². The number of anilines is 1. The van der Waals surface area contributed by atoms with Gasteiger partial charge in [0.2, 0.25) is 6.41 Å². The molecule has 1 fully saturated rings. The number of amides is 2. The predicted molar refractivity (Wildman–Crippen MR) is 110 cm³/mol. The van der Waals surface area contributed by atoms with Crippen LogP contribution >= 0.6 is 0 Å². The highest BCUT2D eigenvalue weighted by Gasteiger charge is 2.37. The molecule has 0 radical (unpaired) electrons. The Kier molecular flexibility index (Phi) is 5.76. The first-order valence-electron chi connectivity index (χ1n) is 9.86. The summed E-state index contributed by atoms with van der Waals surface area (Å²) in [6, 6.07) is 1.68. The average Bonchev–Trinajstić information content (AvgIpc) is 2.77. The number of esters is 1. The van der Waals surface area contributed by atoms with Gasteiger partial charge in [0.1, 0.15) is 12.8 Å². The van der Waals surface area contributed by atoms with Gasteiger partial charge in [0, 0.05) is 32.0 Å². The van der Waals surface area contributed by atoms with Crippen molar-refractivity contribution in [2.45, 2.75) is 6.17 Å². The molecule has 0 aromatic carbocycles. The van der Waals surface area contributed by atoms with E-state index >= 15 is 0 Å². The van der Waals surface area contributed by atoms with Gasteiger partial charge in [-0.1, -0.05) is 0 Å². The number of hydrogen-bond acceptors (Lipinski definition) is 9. The standard InChI is InChI=1S/C20H24N6O5/c1-24(12-27)23-17-8-15(3-4-21-17)26-5-6-31-16-7-13(9-22-18(16)26)19(28)25-10-14(11-25)20(29)30-2/h3-4,7-9,12,14,17,21,23H,5-6,10-11H2,1-2H3. The van der Waals surface area contributed by atoms with Gasteiger partial charge in [0.05, 0.1) is 25.1 Å². The molecular formula is C20H24N6O5. The summed E-state index contributed by atoms with van der Waals surface area (Å²) in [5.74, 6) is 0.355. The number of dihydropyridines is 1. The Morgan fingerprint density at radius 3 is 2.97 bits per heavy atom. The van der Waals surface area contributed by atoms with E-state index < -0.39 is 0 Å². The zero-order valence-electron chi connectivity index (χ0n) is 17.3. The van der Waals surface area contributed by atoms with Gasteiger partial charge in [-0.2, -0.15) is 0 Å². The lowest BCUT2D eigenvalue weighted by Crippen LogP contribution is -2.53. The Labute approximate surface area is 179 Å². The minimum Gasteiger partial charge on any atom is -0.488 e. The lowest BCUT2D eigenvalue weighted by molar-refractivity contribution is -0.149. The molecule has 3 aliphatic rings. The minimum atomic E-state index is -0.304. The van der Waals surface area contributed by atoms with Gasteiger partial charge in [0.15, 0.2) is 11.6 Å². The van der Waals surface area contributed by atoms with Crippen LogP contribution in [0.15, 0.2) is 36.3 Å². The van der Waals surface area contributed by atoms with Gasteiger partial charge < -0.3 is 24.6 Å². The second-order valence-corrected chi connectivity index (χ2v) is 7.39. The van der Waals surface area contributed by atoms with Crippen LogP contribution < -0.4 is 20.4 Å². The Morgan fingerprint density at radius 2 is 2.23 bits per heavy atom. The number of allylic oxidation sites excluding steroid dienone is 1. The number of carbonyl (C=O) groups excluding carboxylic acids is 3. The molecule has 31 heavy (non-hydrogen) atoms. The van der Waals surface area contributed by atoms with E-state index in [-0.39, 0.29) is 24.0 Å². The molecule has 0 aliphatic carbocycles. The van der Waals surface area contributed by atoms with Crippen LogP contribution in [0.4, 0.5) is 5.82 Å². The van der Waals surface area contributed by atoms with Crippen LogP contribution in [0.25, 0.3) is 0 Å². The highest BCUT2D eigenvalue weighted by Crippen LogP contribution is 2.34. The van der Waals surface area contributed by atoms with E-state index in [1.807, 2.05) is 17.1 Å². The molecule has 11 heteroatoms. The zero-order chi connectivity index (χ0) is 22.0. The maximum absolute atomic E-state index is 12.7. The number of hydrazine groups is 1. The van der Waals surface area contributed by atoms with Crippen molar-refractivity contribution < 1.29 is 23.9 Å². The van der Waals surface area contributed by atoms with Crippen LogP contribution in [0, 0.1) is 5.92 Å². The van der Waals surface area contributed by atoms with Crippen LogP contribution in [0.1, 0.15) is 10.4 Å². The zero-order valence-corrected chi connectivity index (χ0v) is 17.3. The van der Waals surface area contributed by atoms with E-state index in [4.69, 9.17) is 9.47 Å². The number of likely N-dealkylation sites (tertiary alicyclic amines) is 1. The molecule has 11 nitrogen and oxygen atoms in total. The number of ether oxygens (including phenoxy) is 2. The molecule has 4 heterocycles. The summed E-state index contributed by atoms with van der Waals surface area (Å²) >= 11 is 0. The molecule has 0 saturated carbocycles. The molecule has 2 N–H and O–H groups in total. The highest BCUT2D eigenvalue weighted by molar-refractivity contribution is 5.96. The Morgan fingerprint density at radius 1 is 1.42 bits per heavy atom. The van der Waals surface area contributed by atoms with Crippen molar-refractivity contribution >= 4 is 24.1 Å². The molecule has 1 atom stereocenters. The fourth-order valence-corrected chi connectivity index (χ4v) is 3.63. The van der Waals surface area contributed by atoms with Crippen molar-refractivity contribution in [3.63, 3.8) is 0 Å². The van der Waals surface area contributed by atoms with Crippen LogP contribution in [-0.2, 0) is 14.3 Å². The average molecular weight is 428 g/mol. The lowest BCUT2D eigenvalue weighted by atomic mass is 9.99. The summed E-state index contributed by atoms with van der Waals surface area (Å²) in [4.78, 5) is 43.2. The molecule has 1 saturated heterocycles. The third-order valence-corrected chi connectivity index (χ3v) is 5.29. The van der Waals surface area contributed by atoms with E-state index in [0.717, 1.165) is 5.70 Å². The third kappa shape index (κ3) is 4.17. The topological polar surface area (TPSA) is 116 Å². The van der Waals surface area contributed by atoms with Crippen LogP contribution in [0.2, 0.25) is 0 Å². The largest absolute Gasteiger partial charge is 0.488 e. The smallest absolute Gasteiger partial charge is 0.312 e. The SMILES string of the molecule is COC(=O)C1CN(C(=O)c2cnc3c(c2)OCCN3C2=CC(NN(C)C=O)NC=C2)C1. The quantitative estimate of drug-likeness (QED) is 0.350. The number of aromatic nitrogens is 1. The first-order valence-corrected chi connectivity index (χ1v) is 9.86. The highest BCUT2D eigenvalue weighted by atomic mass is 16.5. The summed E-state index contributed by atoms with van der Waals surface area (Å²) in [7, 11) is 2.96. The maximum Gasteiger partial charge on any atom is 0.312 e. The molecule has 4 rings (SSSR count). The molecule has 3 aliphatic heterocycles. The number of nitrogens with one attached hydrogen (secondary N) is 2. The number of hydrogen-bond donors (Lipinski definition) is 2. The van der Waals surface area contributed by atoms with Crippen molar-refractivity contribution in [2.24, 2.45) is 5.92 Å². The predicted octanol–water partition coefficient (Wildman–Crippen LogP) is -0.555. The molecule has 1 unspecified atom stereocenters. The number of fused-ring (bicyclic) bond motifs is 1.